The summed E-state index contributed by atoms with van der Waals surface area (Å²) >= 11 is 0. The second-order valence-electron chi connectivity index (χ2n) is 18.6. The van der Waals surface area contributed by atoms with Gasteiger partial charge in [-0.15, -0.1) is 0 Å². The van der Waals surface area contributed by atoms with E-state index in [0.29, 0.717) is 24.1 Å². The number of ether oxygens (including phenoxy) is 1. The van der Waals surface area contributed by atoms with Crippen LogP contribution in [0.2, 0.25) is 0 Å². The third kappa shape index (κ3) is 9.42. The molecule has 2 fully saturated rings. The maximum absolute atomic E-state index is 14.7. The van der Waals surface area contributed by atoms with Crippen LogP contribution in [0.1, 0.15) is 71.9 Å². The highest BCUT2D eigenvalue weighted by Gasteiger charge is 2.49. The lowest BCUT2D eigenvalue weighted by Gasteiger charge is -2.40. The molecule has 5 heterocycles. The molecule has 0 unspecified atom stereocenters. The number of hydrogen-bond donors (Lipinski definition) is 5. The van der Waals surface area contributed by atoms with Gasteiger partial charge in [0.2, 0.25) is 11.6 Å². The molecule has 0 spiro atoms. The van der Waals surface area contributed by atoms with Crippen LogP contribution in [0.15, 0.2) is 55.1 Å². The van der Waals surface area contributed by atoms with Gasteiger partial charge in [0.25, 0.3) is 17.7 Å². The van der Waals surface area contributed by atoms with Crippen LogP contribution in [0, 0.1) is 23.2 Å². The van der Waals surface area contributed by atoms with Gasteiger partial charge in [-0.25, -0.2) is 14.8 Å². The molecule has 2 aromatic carbocycles. The summed E-state index contributed by atoms with van der Waals surface area (Å²) in [6.45, 7) is 11.3. The number of aromatic nitrogens is 3. The average molecular weight is 891 g/mol. The Labute approximate surface area is 378 Å². The standard InChI is InChI=1S/C48H58N8O9/c1-8-11-39(58)54-17-15-47(63,26-54)44(61)53(7)40(29(3)4)42(59)51-37-20-30-18-32(21-34(57)19-30)31-12-13-38-35(22-31)36(41(55(38)9-2)33-24-49-28-50-25-33)23-46(5,6)27-65-45(62)48(64)14-10-16-56(52-48)43(37)60/h12-13,18-19,21-22,24-25,28-29,37,40,52,57,63-64H,9-10,14-17,20,23,26-27H2,1-7H3,(H,51,59)/t37-,40-,47-,48-/m0/s1. The number of phenolic OH excluding ortho intramolecular Hbond substituents is 1. The van der Waals surface area contributed by atoms with Gasteiger partial charge in [0.15, 0.2) is 5.60 Å². The van der Waals surface area contributed by atoms with E-state index in [1.807, 2.05) is 38.1 Å². The largest absolute Gasteiger partial charge is 0.508 e. The van der Waals surface area contributed by atoms with Crippen molar-refractivity contribution in [1.29, 1.82) is 0 Å². The Morgan fingerprint density at radius 3 is 2.46 bits per heavy atom. The first-order valence-electron chi connectivity index (χ1n) is 22.0. The van der Waals surface area contributed by atoms with Gasteiger partial charge in [-0.1, -0.05) is 45.7 Å². The van der Waals surface area contributed by atoms with E-state index < -0.39 is 64.3 Å². The van der Waals surface area contributed by atoms with Crippen molar-refractivity contribution in [1.82, 2.24) is 40.1 Å². The topological polar surface area (TPSA) is 220 Å². The number of hydrazine groups is 1. The lowest BCUT2D eigenvalue weighted by atomic mass is 9.84. The summed E-state index contributed by atoms with van der Waals surface area (Å²) in [7, 11) is 1.39. The maximum atomic E-state index is 14.7. The van der Waals surface area contributed by atoms with Crippen LogP contribution in [-0.4, -0.2) is 131 Å². The fraction of sp³-hybridized carbons (Fsp3) is 0.479. The molecule has 0 aliphatic carbocycles. The highest BCUT2D eigenvalue weighted by molar-refractivity contribution is 5.98. The van der Waals surface area contributed by atoms with E-state index in [-0.39, 0.29) is 57.7 Å². The number of nitrogens with zero attached hydrogens (tertiary/aromatic N) is 6. The first kappa shape index (κ1) is 46.6. The molecular weight excluding hydrogens is 833 g/mol. The SMILES string of the molecule is CC#CC(=O)N1CC[C@@](O)(C(=O)N(C)[C@H](C(=O)N[C@H]2Cc3cc(O)cc(c3)-c3ccc4c(c3)c(c(-c3cncnc3)n4CC)CC(C)(C)COC(=O)[C@@]3(O)CCCN(N3)C2=O)C(C)C)C1. The van der Waals surface area contributed by atoms with E-state index in [1.165, 1.54) is 31.3 Å². The molecule has 3 aliphatic rings. The fourth-order valence-electron chi connectivity index (χ4n) is 9.46. The minimum atomic E-state index is -2.29. The first-order chi connectivity index (χ1) is 30.8. The number of benzene rings is 2. The van der Waals surface area contributed by atoms with E-state index in [2.05, 4.69) is 44.0 Å². The molecular formula is C48H58N8O9. The molecule has 4 atom stereocenters. The molecule has 65 heavy (non-hydrogen) atoms. The quantitative estimate of drug-likeness (QED) is 0.134. The molecule has 344 valence electrons. The van der Waals surface area contributed by atoms with Gasteiger partial charge in [0.05, 0.1) is 18.8 Å². The second kappa shape index (κ2) is 18.3. The zero-order chi connectivity index (χ0) is 47.0. The van der Waals surface area contributed by atoms with E-state index in [0.717, 1.165) is 43.2 Å². The Kier molecular flexibility index (Phi) is 13.1. The third-order valence-electron chi connectivity index (χ3n) is 12.6. The molecule has 0 radical (unpaired) electrons. The van der Waals surface area contributed by atoms with E-state index in [1.54, 1.807) is 32.3 Å². The number of nitrogens with one attached hydrogen (secondary N) is 2. The number of esters is 1. The number of fused-ring (bicyclic) bond motifs is 6. The molecule has 2 aromatic heterocycles. The summed E-state index contributed by atoms with van der Waals surface area (Å²) in [5.74, 6) is 0.673. The van der Waals surface area contributed by atoms with Crippen molar-refractivity contribution in [2.24, 2.45) is 11.3 Å². The van der Waals surface area contributed by atoms with Crippen molar-refractivity contribution in [2.45, 2.75) is 104 Å². The highest BCUT2D eigenvalue weighted by atomic mass is 16.6. The molecule has 4 amide bonds. The van der Waals surface area contributed by atoms with Crippen LogP contribution in [0.3, 0.4) is 0 Å². The van der Waals surface area contributed by atoms with Gasteiger partial charge < -0.3 is 39.7 Å². The maximum Gasteiger partial charge on any atom is 0.355 e. The summed E-state index contributed by atoms with van der Waals surface area (Å²) in [6.07, 6.45) is 5.37. The van der Waals surface area contributed by atoms with Crippen LogP contribution >= 0.6 is 0 Å². The summed E-state index contributed by atoms with van der Waals surface area (Å²) < 4.78 is 8.07. The molecule has 6 bridgehead atoms. The van der Waals surface area contributed by atoms with E-state index >= 15 is 0 Å². The number of likely N-dealkylation sites (N-methyl/N-ethyl adjacent to an activating group) is 1. The summed E-state index contributed by atoms with van der Waals surface area (Å²) in [5.41, 5.74) is 3.30. The molecule has 3 aliphatic heterocycles. The number of phenols is 1. The third-order valence-corrected chi connectivity index (χ3v) is 12.6. The fourth-order valence-corrected chi connectivity index (χ4v) is 9.46. The summed E-state index contributed by atoms with van der Waals surface area (Å²) in [4.78, 5) is 80.6. The Morgan fingerprint density at radius 2 is 1.77 bits per heavy atom. The van der Waals surface area contributed by atoms with E-state index in [9.17, 15) is 39.3 Å². The summed E-state index contributed by atoms with van der Waals surface area (Å²) in [6, 6.07) is 8.44. The number of hydrogen-bond acceptors (Lipinski definition) is 12. The Hall–Kier alpha value is -6.35. The van der Waals surface area contributed by atoms with Crippen LogP contribution in [0.4, 0.5) is 0 Å². The number of aryl methyl sites for hydroxylation is 1. The van der Waals surface area contributed by atoms with Gasteiger partial charge >= 0.3 is 5.97 Å². The van der Waals surface area contributed by atoms with Crippen LogP contribution < -0.4 is 10.7 Å². The second-order valence-corrected chi connectivity index (χ2v) is 18.6. The Morgan fingerprint density at radius 1 is 1.03 bits per heavy atom. The predicted octanol–water partition coefficient (Wildman–Crippen LogP) is 2.93. The minimum Gasteiger partial charge on any atom is -0.508 e. The van der Waals surface area contributed by atoms with Crippen LogP contribution in [0.25, 0.3) is 33.3 Å². The van der Waals surface area contributed by atoms with Crippen LogP contribution in [-0.2, 0) is 48.1 Å². The average Bonchev–Trinajstić information content (AvgIpc) is 3.82. The number of carbonyl (C=O) groups excluding carboxylic acids is 5. The normalized spacial score (nSPS) is 22.7. The smallest absolute Gasteiger partial charge is 0.355 e. The number of aliphatic hydroxyl groups is 2. The molecule has 5 N–H and O–H groups in total. The van der Waals surface area contributed by atoms with Crippen molar-refractivity contribution >= 4 is 40.5 Å². The molecule has 0 saturated carbocycles. The van der Waals surface area contributed by atoms with Gasteiger partial charge in [-0.2, -0.15) is 5.43 Å². The number of likely N-dealkylation sites (tertiary alicyclic amines) is 1. The van der Waals surface area contributed by atoms with Gasteiger partial charge in [0, 0.05) is 80.2 Å². The van der Waals surface area contributed by atoms with Gasteiger partial charge in [-0.05, 0) is 85.0 Å². The number of β-amino-alcohol motifs (C(OH)–C–C–N with tert-alkyl or cyclic N) is 1. The zero-order valence-corrected chi connectivity index (χ0v) is 38.0. The Balaban J connectivity index is 1.29. The van der Waals surface area contributed by atoms with Crippen molar-refractivity contribution in [2.75, 3.05) is 33.3 Å². The number of cyclic esters (lactones) is 1. The van der Waals surface area contributed by atoms with E-state index in [4.69, 9.17) is 4.74 Å². The monoisotopic (exact) mass is 890 g/mol. The molecule has 17 nitrogen and oxygen atoms in total. The Bertz CT molecular complexity index is 2580. The number of aromatic hydroxyl groups is 1. The first-order valence-corrected chi connectivity index (χ1v) is 22.0. The predicted molar refractivity (Wildman–Crippen MR) is 240 cm³/mol. The van der Waals surface area contributed by atoms with Crippen molar-refractivity contribution in [3.63, 3.8) is 0 Å². The number of rotatable bonds is 7. The molecule has 7 rings (SSSR count). The van der Waals surface area contributed by atoms with Crippen molar-refractivity contribution in [3.8, 4) is 40.0 Å². The number of amides is 4. The number of carbonyl (C=O) groups is 5. The lowest BCUT2D eigenvalue weighted by molar-refractivity contribution is -0.189. The minimum absolute atomic E-state index is 0.0623. The molecule has 17 heteroatoms. The molecule has 2 saturated heterocycles. The summed E-state index contributed by atoms with van der Waals surface area (Å²) in [5, 5.41) is 39.4. The highest BCUT2D eigenvalue weighted by Crippen LogP contribution is 2.40. The van der Waals surface area contributed by atoms with Crippen molar-refractivity contribution in [3.05, 3.63) is 66.2 Å². The van der Waals surface area contributed by atoms with Gasteiger partial charge in [0.1, 0.15) is 24.2 Å². The zero-order valence-electron chi connectivity index (χ0n) is 38.0. The van der Waals surface area contributed by atoms with Gasteiger partial charge in [-0.3, -0.25) is 24.2 Å². The van der Waals surface area contributed by atoms with Crippen LogP contribution in [0.5, 0.6) is 5.75 Å². The molecule has 4 aromatic rings. The van der Waals surface area contributed by atoms with Crippen molar-refractivity contribution < 1.29 is 44.0 Å². The lowest BCUT2D eigenvalue weighted by Crippen LogP contribution is -2.67.